The van der Waals surface area contributed by atoms with E-state index in [1.807, 2.05) is 0 Å². The molecule has 0 fully saturated rings. The number of nitrogens with zero attached hydrogens (tertiary/aromatic N) is 1. The van der Waals surface area contributed by atoms with Crippen molar-refractivity contribution in [1.82, 2.24) is 0 Å². The van der Waals surface area contributed by atoms with Gasteiger partial charge in [0, 0.05) is 31.8 Å². The molecule has 36 heavy (non-hydrogen) atoms. The van der Waals surface area contributed by atoms with E-state index in [2.05, 4.69) is 15.9 Å². The van der Waals surface area contributed by atoms with Crippen LogP contribution in [0.25, 0.3) is 0 Å². The Morgan fingerprint density at radius 3 is 1.97 bits per heavy atom. The van der Waals surface area contributed by atoms with E-state index in [1.165, 1.54) is 32.0 Å². The van der Waals surface area contributed by atoms with Gasteiger partial charge < -0.3 is 9.11 Å². The molecule has 0 radical (unpaired) electrons. The smallest absolute Gasteiger partial charge is 0.759 e. The van der Waals surface area contributed by atoms with Crippen LogP contribution >= 0.6 is 39.1 Å². The monoisotopic (exact) mass is 687 g/mol. The van der Waals surface area contributed by atoms with E-state index in [0.717, 1.165) is 12.1 Å². The molecule has 190 valence electrons. The summed E-state index contributed by atoms with van der Waals surface area (Å²) in [4.78, 5) is 12.8. The number of halogens is 4. The van der Waals surface area contributed by atoms with Crippen molar-refractivity contribution in [3.8, 4) is 0 Å². The van der Waals surface area contributed by atoms with Crippen molar-refractivity contribution >= 4 is 81.7 Å². The Labute approximate surface area is 272 Å². The molecule has 0 N–H and O–H groups in total. The molecule has 2 rings (SSSR count). The van der Waals surface area contributed by atoms with Crippen LogP contribution in [0.2, 0.25) is 10.0 Å². The average molecular weight is 689 g/mol. The molecule has 1 atom stereocenters. The third-order valence-corrected chi connectivity index (χ3v) is 8.54. The molecule has 0 saturated carbocycles. The number of hydrogen-bond acceptors (Lipinski definition) is 9. The predicted molar refractivity (Wildman–Crippen MR) is 126 cm³/mol. The van der Waals surface area contributed by atoms with Crippen LogP contribution in [0.5, 0.6) is 0 Å². The number of benzene rings is 2. The van der Waals surface area contributed by atoms with Crippen molar-refractivity contribution in [2.45, 2.75) is 19.2 Å². The largest absolute Gasteiger partial charge is 1.00 e. The molecule has 0 aliphatic heterocycles. The van der Waals surface area contributed by atoms with Crippen LogP contribution in [-0.2, 0) is 31.1 Å². The first-order valence-electron chi connectivity index (χ1n) is 8.71. The fourth-order valence-corrected chi connectivity index (χ4v) is 5.76. The molecule has 1 unspecified atom stereocenters. The molecule has 0 aliphatic carbocycles. The quantitative estimate of drug-likeness (QED) is 0.104. The average Bonchev–Trinajstić information content (AvgIpc) is 2.68. The minimum absolute atomic E-state index is 0. The Balaban J connectivity index is 0. The SMILES string of the molecule is CCS(=O)(=O)C(C)N(c1cc(Br)c(C(=O)c2ccc(F)cc2Cl)cc1Cl)[SH](=O)=O.O=S(=O)([O-])[O-].[Na+].[Na+]. The van der Waals surface area contributed by atoms with E-state index < -0.39 is 48.1 Å². The summed E-state index contributed by atoms with van der Waals surface area (Å²) < 4.78 is 96.1. The standard InChI is InChI=1S/C17H15BrCl2FNO5S2.2Na.H2O4S/c1-3-29(26,27)9(2)22(28(24)25)16-8-13(18)12(7-15(16)20)17(23)11-5-4-10(21)6-14(11)19;;;1-5(2,3)4/h4-9,28H,3H2,1-2H3;;;(H2,1,2,3,4)/q;2*+1;/p-2. The Kier molecular flexibility index (Phi) is 17.3. The van der Waals surface area contributed by atoms with Gasteiger partial charge in [-0.05, 0) is 53.2 Å². The van der Waals surface area contributed by atoms with Gasteiger partial charge in [-0.15, -0.1) is 0 Å². The summed E-state index contributed by atoms with van der Waals surface area (Å²) in [5.74, 6) is -1.46. The maximum absolute atomic E-state index is 13.2. The van der Waals surface area contributed by atoms with Crippen LogP contribution in [0, 0.1) is 5.82 Å². The summed E-state index contributed by atoms with van der Waals surface area (Å²) in [7, 11) is -12.3. The first kappa shape index (κ1) is 38.8. The first-order valence-corrected chi connectivity index (χ1v) is 14.4. The molecular formula is C17H15BrCl2FNNa2O9S3. The second-order valence-corrected chi connectivity index (χ2v) is 12.3. The molecule has 0 aromatic heterocycles. The molecule has 0 aliphatic rings. The van der Waals surface area contributed by atoms with Gasteiger partial charge in [0.2, 0.25) is 10.9 Å². The molecule has 19 heteroatoms. The summed E-state index contributed by atoms with van der Waals surface area (Å²) in [5.41, 5.74) is -0.0495. The minimum atomic E-state index is -5.17. The van der Waals surface area contributed by atoms with Gasteiger partial charge in [0.1, 0.15) is 11.2 Å². The summed E-state index contributed by atoms with van der Waals surface area (Å²) in [6.45, 7) is 2.62. The third kappa shape index (κ3) is 11.4. The maximum atomic E-state index is 13.2. The number of carbonyl (C=O) groups excluding carboxylic acids is 1. The van der Waals surface area contributed by atoms with Crippen LogP contribution in [0.4, 0.5) is 10.1 Å². The van der Waals surface area contributed by atoms with Crippen molar-refractivity contribution < 1.29 is 103 Å². The second kappa shape index (κ2) is 16.1. The van der Waals surface area contributed by atoms with E-state index in [-0.39, 0.29) is 96.2 Å². The van der Waals surface area contributed by atoms with Crippen LogP contribution in [0.15, 0.2) is 34.8 Å². The molecule has 0 bridgehead atoms. The summed E-state index contributed by atoms with van der Waals surface area (Å²) in [6.07, 6.45) is 0. The molecule has 0 amide bonds. The van der Waals surface area contributed by atoms with Crippen LogP contribution in [0.3, 0.4) is 0 Å². The van der Waals surface area contributed by atoms with Crippen LogP contribution in [-0.4, -0.2) is 51.3 Å². The van der Waals surface area contributed by atoms with Crippen molar-refractivity contribution in [2.24, 2.45) is 0 Å². The van der Waals surface area contributed by atoms with Crippen LogP contribution in [0.1, 0.15) is 29.8 Å². The van der Waals surface area contributed by atoms with E-state index in [9.17, 15) is 26.0 Å². The minimum Gasteiger partial charge on any atom is -0.759 e. The Morgan fingerprint density at radius 2 is 1.56 bits per heavy atom. The van der Waals surface area contributed by atoms with Crippen molar-refractivity contribution in [1.29, 1.82) is 0 Å². The zero-order valence-corrected chi connectivity index (χ0v) is 28.7. The molecule has 0 spiro atoms. The molecule has 2 aromatic carbocycles. The summed E-state index contributed by atoms with van der Waals surface area (Å²) in [6, 6.07) is 5.70. The molecular weight excluding hydrogens is 674 g/mol. The zero-order chi connectivity index (χ0) is 26.6. The van der Waals surface area contributed by atoms with E-state index in [0.29, 0.717) is 4.31 Å². The van der Waals surface area contributed by atoms with E-state index >= 15 is 0 Å². The molecule has 0 saturated heterocycles. The van der Waals surface area contributed by atoms with Gasteiger partial charge in [0.25, 0.3) is 0 Å². The Hall–Kier alpha value is 0.670. The molecule has 0 heterocycles. The van der Waals surface area contributed by atoms with Gasteiger partial charge in [-0.3, -0.25) is 17.5 Å². The number of ketones is 1. The van der Waals surface area contributed by atoms with Gasteiger partial charge in [0.05, 0.1) is 15.7 Å². The van der Waals surface area contributed by atoms with Crippen molar-refractivity contribution in [3.63, 3.8) is 0 Å². The Morgan fingerprint density at radius 1 is 1.06 bits per heavy atom. The number of rotatable bonds is 7. The van der Waals surface area contributed by atoms with E-state index in [4.69, 9.17) is 40.7 Å². The van der Waals surface area contributed by atoms with Crippen molar-refractivity contribution in [2.75, 3.05) is 10.1 Å². The van der Waals surface area contributed by atoms with Gasteiger partial charge in [0.15, 0.2) is 15.6 Å². The summed E-state index contributed by atoms with van der Waals surface area (Å²) >= 11 is 15.3. The van der Waals surface area contributed by atoms with Crippen molar-refractivity contribution in [3.05, 3.63) is 61.8 Å². The van der Waals surface area contributed by atoms with E-state index in [1.54, 1.807) is 0 Å². The van der Waals surface area contributed by atoms with Gasteiger partial charge in [-0.2, -0.15) is 0 Å². The third-order valence-electron chi connectivity index (χ3n) is 4.15. The fraction of sp³-hybridized carbons (Fsp3) is 0.235. The normalized spacial score (nSPS) is 11.9. The molecule has 10 nitrogen and oxygen atoms in total. The van der Waals surface area contributed by atoms with Gasteiger partial charge in [-0.25, -0.2) is 21.2 Å². The molecule has 2 aromatic rings. The fourth-order valence-electron chi connectivity index (χ4n) is 2.51. The Bertz CT molecular complexity index is 1380. The number of hydrogen-bond donors (Lipinski definition) is 1. The predicted octanol–water partition coefficient (Wildman–Crippen LogP) is -3.09. The van der Waals surface area contributed by atoms with Crippen LogP contribution < -0.4 is 63.4 Å². The number of anilines is 1. The second-order valence-electron chi connectivity index (χ2n) is 6.28. The zero-order valence-electron chi connectivity index (χ0n) is 19.1. The summed E-state index contributed by atoms with van der Waals surface area (Å²) in [5, 5.41) is -1.66. The van der Waals surface area contributed by atoms with Gasteiger partial charge in [-0.1, -0.05) is 30.1 Å². The number of sulfone groups is 1. The number of thiol groups is 1. The first-order chi connectivity index (χ1) is 15.4. The number of carbonyl (C=O) groups is 1. The maximum Gasteiger partial charge on any atom is 1.00 e. The van der Waals surface area contributed by atoms with Gasteiger partial charge >= 0.3 is 59.1 Å². The topological polar surface area (TPSA) is 169 Å².